The summed E-state index contributed by atoms with van der Waals surface area (Å²) in [7, 11) is 0. The molecule has 0 bridgehead atoms. The standard InChI is InChI=1S/C16H31N/c1-4-17-16(13-12-14(2)3)15-10-8-6-5-7-9-11-15/h15-17H,2,4-13H2,1,3H3. The van der Waals surface area contributed by atoms with E-state index in [0.29, 0.717) is 0 Å². The highest BCUT2D eigenvalue weighted by Gasteiger charge is 2.20. The summed E-state index contributed by atoms with van der Waals surface area (Å²) in [5, 5.41) is 3.71. The fourth-order valence-electron chi connectivity index (χ4n) is 3.06. The van der Waals surface area contributed by atoms with Gasteiger partial charge in [-0.2, -0.15) is 0 Å². The van der Waals surface area contributed by atoms with Gasteiger partial charge in [0.15, 0.2) is 0 Å². The Balaban J connectivity index is 2.43. The molecule has 100 valence electrons. The van der Waals surface area contributed by atoms with E-state index in [-0.39, 0.29) is 0 Å². The van der Waals surface area contributed by atoms with Crippen molar-refractivity contribution in [2.45, 2.75) is 77.7 Å². The Bertz CT molecular complexity index is 202. The molecule has 0 radical (unpaired) electrons. The van der Waals surface area contributed by atoms with Crippen LogP contribution in [0.3, 0.4) is 0 Å². The Hall–Kier alpha value is -0.300. The average molecular weight is 237 g/mol. The van der Waals surface area contributed by atoms with Gasteiger partial charge in [0.1, 0.15) is 0 Å². The number of rotatable bonds is 6. The third-order valence-corrected chi connectivity index (χ3v) is 4.07. The Morgan fingerprint density at radius 2 is 1.76 bits per heavy atom. The molecule has 0 heterocycles. The number of hydrogen-bond donors (Lipinski definition) is 1. The molecule has 0 aliphatic heterocycles. The van der Waals surface area contributed by atoms with Crippen LogP contribution in [0.2, 0.25) is 0 Å². The van der Waals surface area contributed by atoms with Crippen molar-refractivity contribution in [3.63, 3.8) is 0 Å². The second kappa shape index (κ2) is 8.74. The van der Waals surface area contributed by atoms with Crippen molar-refractivity contribution in [3.05, 3.63) is 12.2 Å². The Kier molecular flexibility index (Phi) is 7.59. The van der Waals surface area contributed by atoms with Crippen LogP contribution >= 0.6 is 0 Å². The molecule has 1 heteroatoms. The van der Waals surface area contributed by atoms with E-state index in [4.69, 9.17) is 0 Å². The second-order valence-corrected chi connectivity index (χ2v) is 5.77. The smallest absolute Gasteiger partial charge is 0.00982 e. The predicted octanol–water partition coefficient (Wildman–Crippen LogP) is 4.68. The Morgan fingerprint density at radius 3 is 2.29 bits per heavy atom. The normalized spacial score (nSPS) is 20.6. The zero-order valence-electron chi connectivity index (χ0n) is 11.9. The molecule has 1 rings (SSSR count). The molecular weight excluding hydrogens is 206 g/mol. The Labute approximate surface area is 108 Å². The first-order valence-corrected chi connectivity index (χ1v) is 7.61. The van der Waals surface area contributed by atoms with Gasteiger partial charge < -0.3 is 5.32 Å². The molecule has 0 aromatic carbocycles. The minimum absolute atomic E-state index is 0.731. The lowest BCUT2D eigenvalue weighted by Crippen LogP contribution is -2.36. The van der Waals surface area contributed by atoms with Crippen molar-refractivity contribution in [1.82, 2.24) is 5.32 Å². The van der Waals surface area contributed by atoms with Crippen LogP contribution in [-0.2, 0) is 0 Å². The lowest BCUT2D eigenvalue weighted by Gasteiger charge is -2.29. The molecule has 1 unspecified atom stereocenters. The largest absolute Gasteiger partial charge is 0.314 e. The molecule has 1 N–H and O–H groups in total. The molecule has 0 aromatic rings. The van der Waals surface area contributed by atoms with Gasteiger partial charge in [0.2, 0.25) is 0 Å². The molecule has 17 heavy (non-hydrogen) atoms. The van der Waals surface area contributed by atoms with Crippen molar-refractivity contribution in [1.29, 1.82) is 0 Å². The van der Waals surface area contributed by atoms with Gasteiger partial charge in [-0.15, -0.1) is 6.58 Å². The third kappa shape index (κ3) is 6.26. The highest BCUT2D eigenvalue weighted by atomic mass is 14.9. The van der Waals surface area contributed by atoms with Crippen molar-refractivity contribution in [2.24, 2.45) is 5.92 Å². The summed E-state index contributed by atoms with van der Waals surface area (Å²) in [6.07, 6.45) is 12.6. The van der Waals surface area contributed by atoms with E-state index >= 15 is 0 Å². The lowest BCUT2D eigenvalue weighted by molar-refractivity contribution is 0.276. The Morgan fingerprint density at radius 1 is 1.18 bits per heavy atom. The van der Waals surface area contributed by atoms with Crippen molar-refractivity contribution in [3.8, 4) is 0 Å². The summed E-state index contributed by atoms with van der Waals surface area (Å²) in [6, 6.07) is 0.731. The predicted molar refractivity (Wildman–Crippen MR) is 77.3 cm³/mol. The molecule has 1 fully saturated rings. The van der Waals surface area contributed by atoms with E-state index in [2.05, 4.69) is 25.7 Å². The van der Waals surface area contributed by atoms with Crippen LogP contribution in [0.5, 0.6) is 0 Å². The first-order valence-electron chi connectivity index (χ1n) is 7.61. The fourth-order valence-corrected chi connectivity index (χ4v) is 3.06. The maximum absolute atomic E-state index is 4.04. The zero-order valence-corrected chi connectivity index (χ0v) is 11.9. The van der Waals surface area contributed by atoms with Crippen molar-refractivity contribution in [2.75, 3.05) is 6.54 Å². The van der Waals surface area contributed by atoms with Gasteiger partial charge in [-0.25, -0.2) is 0 Å². The van der Waals surface area contributed by atoms with E-state index in [0.717, 1.165) is 18.5 Å². The van der Waals surface area contributed by atoms with Gasteiger partial charge in [-0.1, -0.05) is 44.6 Å². The van der Waals surface area contributed by atoms with Crippen LogP contribution in [-0.4, -0.2) is 12.6 Å². The summed E-state index contributed by atoms with van der Waals surface area (Å²) >= 11 is 0. The van der Waals surface area contributed by atoms with E-state index in [1.165, 1.54) is 63.4 Å². The van der Waals surface area contributed by atoms with Crippen LogP contribution in [0, 0.1) is 5.92 Å². The van der Waals surface area contributed by atoms with Gasteiger partial charge in [0.25, 0.3) is 0 Å². The SMILES string of the molecule is C=C(C)CCC(NCC)C1CCCCCCC1. The highest BCUT2D eigenvalue weighted by Crippen LogP contribution is 2.27. The maximum Gasteiger partial charge on any atom is 0.00982 e. The van der Waals surface area contributed by atoms with E-state index in [1.54, 1.807) is 0 Å². The number of allylic oxidation sites excluding steroid dienone is 1. The minimum Gasteiger partial charge on any atom is -0.314 e. The summed E-state index contributed by atoms with van der Waals surface area (Å²) in [6.45, 7) is 9.53. The van der Waals surface area contributed by atoms with Crippen LogP contribution < -0.4 is 5.32 Å². The minimum atomic E-state index is 0.731. The molecule has 1 saturated carbocycles. The molecule has 0 saturated heterocycles. The second-order valence-electron chi connectivity index (χ2n) is 5.77. The maximum atomic E-state index is 4.04. The average Bonchev–Trinajstić information content (AvgIpc) is 2.24. The third-order valence-electron chi connectivity index (χ3n) is 4.07. The summed E-state index contributed by atoms with van der Waals surface area (Å²) in [4.78, 5) is 0. The summed E-state index contributed by atoms with van der Waals surface area (Å²) in [5.74, 6) is 0.912. The monoisotopic (exact) mass is 237 g/mol. The molecule has 0 amide bonds. The fraction of sp³-hybridized carbons (Fsp3) is 0.875. The molecule has 1 aliphatic rings. The van der Waals surface area contributed by atoms with Crippen LogP contribution in [0.1, 0.15) is 71.6 Å². The molecule has 0 aromatic heterocycles. The van der Waals surface area contributed by atoms with Crippen molar-refractivity contribution >= 4 is 0 Å². The lowest BCUT2D eigenvalue weighted by atomic mass is 9.83. The van der Waals surface area contributed by atoms with Gasteiger partial charge in [0.05, 0.1) is 0 Å². The van der Waals surface area contributed by atoms with Crippen LogP contribution in [0.25, 0.3) is 0 Å². The van der Waals surface area contributed by atoms with E-state index < -0.39 is 0 Å². The van der Waals surface area contributed by atoms with E-state index in [9.17, 15) is 0 Å². The molecule has 0 spiro atoms. The summed E-state index contributed by atoms with van der Waals surface area (Å²) in [5.41, 5.74) is 1.33. The topological polar surface area (TPSA) is 12.0 Å². The van der Waals surface area contributed by atoms with Crippen molar-refractivity contribution < 1.29 is 0 Å². The zero-order chi connectivity index (χ0) is 12.5. The van der Waals surface area contributed by atoms with Gasteiger partial charge in [0, 0.05) is 6.04 Å². The number of nitrogens with one attached hydrogen (secondary N) is 1. The van der Waals surface area contributed by atoms with Crippen LogP contribution in [0.15, 0.2) is 12.2 Å². The molecule has 1 nitrogen and oxygen atoms in total. The molecule has 1 aliphatic carbocycles. The van der Waals surface area contributed by atoms with Gasteiger partial charge >= 0.3 is 0 Å². The van der Waals surface area contributed by atoms with Crippen LogP contribution in [0.4, 0.5) is 0 Å². The summed E-state index contributed by atoms with van der Waals surface area (Å²) < 4.78 is 0. The molecule has 1 atom stereocenters. The van der Waals surface area contributed by atoms with Gasteiger partial charge in [-0.05, 0) is 45.1 Å². The first kappa shape index (κ1) is 14.8. The van der Waals surface area contributed by atoms with E-state index in [1.807, 2.05) is 0 Å². The highest BCUT2D eigenvalue weighted by molar-refractivity contribution is 4.90. The quantitative estimate of drug-likeness (QED) is 0.661. The number of hydrogen-bond acceptors (Lipinski definition) is 1. The first-order chi connectivity index (χ1) is 8.24. The van der Waals surface area contributed by atoms with Gasteiger partial charge in [-0.3, -0.25) is 0 Å². The molecular formula is C16H31N.